The van der Waals surface area contributed by atoms with Crippen molar-refractivity contribution in [3.63, 3.8) is 0 Å². The van der Waals surface area contributed by atoms with Gasteiger partial charge in [0, 0.05) is 12.1 Å². The van der Waals surface area contributed by atoms with Crippen molar-refractivity contribution >= 4 is 27.3 Å². The maximum absolute atomic E-state index is 12.1. The molecule has 0 radical (unpaired) electrons. The lowest BCUT2D eigenvalue weighted by molar-refractivity contribution is -0.0469. The van der Waals surface area contributed by atoms with Crippen LogP contribution in [0.2, 0.25) is 0 Å². The topological polar surface area (TPSA) is 195 Å². The first-order valence-electron chi connectivity index (χ1n) is 9.12. The number of benzene rings is 1. The number of anilines is 1. The summed E-state index contributed by atoms with van der Waals surface area (Å²) in [6, 6.07) is 6.22. The summed E-state index contributed by atoms with van der Waals surface area (Å²) in [6.45, 7) is -0.759. The summed E-state index contributed by atoms with van der Waals surface area (Å²) in [5.74, 6) is 0.0704. The second kappa shape index (κ2) is 8.33. The van der Waals surface area contributed by atoms with E-state index in [0.717, 1.165) is 0 Å². The lowest BCUT2D eigenvalue weighted by atomic mass is 10.1. The van der Waals surface area contributed by atoms with Gasteiger partial charge in [-0.2, -0.15) is 13.1 Å². The molecule has 1 aliphatic heterocycles. The van der Waals surface area contributed by atoms with Crippen LogP contribution in [0.15, 0.2) is 36.9 Å². The van der Waals surface area contributed by atoms with E-state index in [1.807, 2.05) is 0 Å². The third-order valence-electron chi connectivity index (χ3n) is 4.82. The maximum Gasteiger partial charge on any atom is 0.336 e. The number of nitrogens with one attached hydrogen (secondary N) is 1. The van der Waals surface area contributed by atoms with Gasteiger partial charge in [-0.25, -0.2) is 15.0 Å². The Morgan fingerprint density at radius 1 is 1.19 bits per heavy atom. The van der Waals surface area contributed by atoms with Crippen molar-refractivity contribution in [3.8, 4) is 5.75 Å². The number of nitrogens with zero attached hydrogens (tertiary/aromatic N) is 4. The minimum atomic E-state index is -4.23. The van der Waals surface area contributed by atoms with Crippen LogP contribution in [0.25, 0.3) is 11.2 Å². The van der Waals surface area contributed by atoms with E-state index in [0.29, 0.717) is 11.1 Å². The van der Waals surface area contributed by atoms with Crippen LogP contribution in [0.1, 0.15) is 11.8 Å². The molecule has 14 heteroatoms. The van der Waals surface area contributed by atoms with Gasteiger partial charge < -0.3 is 25.8 Å². The Balaban J connectivity index is 1.41. The number of imidazole rings is 1. The predicted octanol–water partition coefficient (Wildman–Crippen LogP) is -1.22. The Morgan fingerprint density at radius 3 is 2.74 bits per heavy atom. The normalized spacial score (nSPS) is 24.1. The summed E-state index contributed by atoms with van der Waals surface area (Å²) < 4.78 is 38.3. The molecule has 0 aliphatic carbocycles. The van der Waals surface area contributed by atoms with Gasteiger partial charge in [0.2, 0.25) is 0 Å². The largest absolute Gasteiger partial charge is 0.508 e. The average molecular weight is 452 g/mol. The summed E-state index contributed by atoms with van der Waals surface area (Å²) in [5, 5.41) is 30.4. The Morgan fingerprint density at radius 2 is 1.97 bits per heavy atom. The molecule has 0 spiro atoms. The van der Waals surface area contributed by atoms with Crippen molar-refractivity contribution in [2.24, 2.45) is 0 Å². The quantitative estimate of drug-likeness (QED) is 0.288. The van der Waals surface area contributed by atoms with E-state index in [4.69, 9.17) is 14.7 Å². The molecule has 1 aromatic carbocycles. The molecule has 0 bridgehead atoms. The predicted molar refractivity (Wildman–Crippen MR) is 105 cm³/mol. The number of nitrogens with two attached hydrogens (primary N) is 1. The van der Waals surface area contributed by atoms with Crippen LogP contribution in [0.5, 0.6) is 5.75 Å². The molecule has 166 valence electrons. The van der Waals surface area contributed by atoms with Crippen molar-refractivity contribution in [1.29, 1.82) is 0 Å². The van der Waals surface area contributed by atoms with Gasteiger partial charge in [0.25, 0.3) is 0 Å². The number of fused-ring (bicyclic) bond motifs is 1. The molecule has 3 heterocycles. The highest BCUT2D eigenvalue weighted by molar-refractivity contribution is 7.84. The second-order valence-corrected chi connectivity index (χ2v) is 8.25. The molecule has 6 N–H and O–H groups in total. The van der Waals surface area contributed by atoms with Gasteiger partial charge in [0.15, 0.2) is 17.7 Å². The van der Waals surface area contributed by atoms with E-state index in [1.54, 1.807) is 18.2 Å². The van der Waals surface area contributed by atoms with E-state index in [-0.39, 0.29) is 23.8 Å². The van der Waals surface area contributed by atoms with Gasteiger partial charge in [-0.3, -0.25) is 8.75 Å². The minimum Gasteiger partial charge on any atom is -0.508 e. The number of ether oxygens (including phenoxy) is 1. The summed E-state index contributed by atoms with van der Waals surface area (Å²) in [7, 11) is -4.23. The molecule has 4 atom stereocenters. The standard InChI is InChI=1S/C17H20N6O7S/c18-15-12-16(20-7-19-15)23(8-21-12)17-14(26)13(25)11(30-17)6-29-31(27,28)22-5-9-3-1-2-4-10(9)24/h1-4,7-8,11,13-14,17,22,24-26H,5-6H2,(H2,18,19,20)/t11-,13?,14?,17-/m1/s1. The number of para-hydroxylation sites is 1. The average Bonchev–Trinajstić information content (AvgIpc) is 3.29. The molecule has 0 saturated carbocycles. The van der Waals surface area contributed by atoms with Crippen LogP contribution in [0.4, 0.5) is 5.82 Å². The maximum atomic E-state index is 12.1. The van der Waals surface area contributed by atoms with Gasteiger partial charge >= 0.3 is 10.3 Å². The fourth-order valence-electron chi connectivity index (χ4n) is 3.18. The van der Waals surface area contributed by atoms with Crippen LogP contribution in [-0.4, -0.2) is 68.2 Å². The highest BCUT2D eigenvalue weighted by Gasteiger charge is 2.45. The molecule has 3 aromatic rings. The zero-order valence-electron chi connectivity index (χ0n) is 15.9. The van der Waals surface area contributed by atoms with Crippen LogP contribution >= 0.6 is 0 Å². The van der Waals surface area contributed by atoms with E-state index in [2.05, 4.69) is 19.7 Å². The number of aliphatic hydroxyl groups excluding tert-OH is 2. The molecular weight excluding hydrogens is 432 g/mol. The number of phenolic OH excluding ortho intramolecular Hbond substituents is 1. The summed E-state index contributed by atoms with van der Waals surface area (Å²) >= 11 is 0. The number of nitrogen functional groups attached to an aromatic ring is 1. The van der Waals surface area contributed by atoms with Crippen LogP contribution in [-0.2, 0) is 25.8 Å². The van der Waals surface area contributed by atoms with Gasteiger partial charge in [0.1, 0.15) is 35.9 Å². The number of phenols is 1. The molecule has 1 aliphatic rings. The minimum absolute atomic E-state index is 0.0669. The van der Waals surface area contributed by atoms with Crippen LogP contribution in [0.3, 0.4) is 0 Å². The molecular formula is C17H20N6O7S. The number of aromatic hydroxyl groups is 1. The number of hydrogen-bond donors (Lipinski definition) is 5. The number of rotatable bonds is 7. The lowest BCUT2D eigenvalue weighted by Crippen LogP contribution is -2.36. The Labute approximate surface area is 176 Å². The van der Waals surface area contributed by atoms with Crippen molar-refractivity contribution in [3.05, 3.63) is 42.5 Å². The van der Waals surface area contributed by atoms with Gasteiger partial charge in [-0.1, -0.05) is 18.2 Å². The molecule has 1 fully saturated rings. The first-order chi connectivity index (χ1) is 14.8. The molecule has 13 nitrogen and oxygen atoms in total. The van der Waals surface area contributed by atoms with Crippen LogP contribution < -0.4 is 10.5 Å². The first-order valence-corrected chi connectivity index (χ1v) is 10.5. The van der Waals surface area contributed by atoms with E-state index in [9.17, 15) is 23.7 Å². The highest BCUT2D eigenvalue weighted by atomic mass is 32.2. The molecule has 0 amide bonds. The first kappa shape index (κ1) is 21.4. The third-order valence-corrected chi connectivity index (χ3v) is 5.76. The summed E-state index contributed by atoms with van der Waals surface area (Å²) in [4.78, 5) is 12.0. The number of aromatic nitrogens is 4. The Hall–Kier alpha value is -2.88. The summed E-state index contributed by atoms with van der Waals surface area (Å²) in [5.41, 5.74) is 6.68. The van der Waals surface area contributed by atoms with Crippen molar-refractivity contribution < 1.29 is 32.7 Å². The molecule has 31 heavy (non-hydrogen) atoms. The van der Waals surface area contributed by atoms with E-state index < -0.39 is 41.5 Å². The summed E-state index contributed by atoms with van der Waals surface area (Å²) in [6.07, 6.45) is -2.55. The van der Waals surface area contributed by atoms with Gasteiger partial charge in [-0.05, 0) is 6.07 Å². The monoisotopic (exact) mass is 452 g/mol. The Kier molecular flexibility index (Phi) is 5.74. The van der Waals surface area contributed by atoms with Gasteiger partial charge in [0.05, 0.1) is 12.9 Å². The van der Waals surface area contributed by atoms with Crippen LogP contribution in [0, 0.1) is 0 Å². The zero-order valence-corrected chi connectivity index (χ0v) is 16.8. The van der Waals surface area contributed by atoms with Gasteiger partial charge in [-0.15, -0.1) is 0 Å². The highest BCUT2D eigenvalue weighted by Crippen LogP contribution is 2.32. The van der Waals surface area contributed by atoms with E-state index in [1.165, 1.54) is 23.3 Å². The van der Waals surface area contributed by atoms with E-state index >= 15 is 0 Å². The molecule has 1 saturated heterocycles. The van der Waals surface area contributed by atoms with Crippen molar-refractivity contribution in [1.82, 2.24) is 24.2 Å². The second-order valence-electron chi connectivity index (χ2n) is 6.82. The lowest BCUT2D eigenvalue weighted by Gasteiger charge is -2.16. The smallest absolute Gasteiger partial charge is 0.336 e. The van der Waals surface area contributed by atoms with Crippen molar-refractivity contribution in [2.75, 3.05) is 12.3 Å². The number of hydrogen-bond acceptors (Lipinski definition) is 11. The number of aliphatic hydroxyl groups is 2. The fourth-order valence-corrected chi connectivity index (χ4v) is 3.91. The SMILES string of the molecule is Nc1ncnc2c1ncn2[C@@H]1O[C@H](COS(=O)(=O)NCc2ccccc2O)C(O)C1O. The fraction of sp³-hybridized carbons (Fsp3) is 0.353. The molecule has 2 aromatic heterocycles. The molecule has 4 rings (SSSR count). The third kappa shape index (κ3) is 4.30. The zero-order chi connectivity index (χ0) is 22.2. The van der Waals surface area contributed by atoms with Crippen molar-refractivity contribution in [2.45, 2.75) is 31.1 Å². The molecule has 2 unspecified atom stereocenters. The Bertz CT molecular complexity index is 1190.